The molecule has 0 radical (unpaired) electrons. The summed E-state index contributed by atoms with van der Waals surface area (Å²) >= 11 is 0. The molecule has 2 saturated heterocycles. The lowest BCUT2D eigenvalue weighted by atomic mass is 9.78. The van der Waals surface area contributed by atoms with E-state index >= 15 is 0 Å². The second-order valence-electron chi connectivity index (χ2n) is 9.28. The number of carbonyl (C=O) groups excluding carboxylic acids is 2. The molecular formula is C26H33N3O2. The second-order valence-corrected chi connectivity index (χ2v) is 9.28. The Hall–Kier alpha value is -2.66. The van der Waals surface area contributed by atoms with Crippen molar-refractivity contribution in [2.45, 2.75) is 70.5 Å². The number of nitrogens with zero attached hydrogens (tertiary/aromatic N) is 1. The average molecular weight is 420 g/mol. The van der Waals surface area contributed by atoms with Crippen molar-refractivity contribution in [3.05, 3.63) is 64.7 Å². The van der Waals surface area contributed by atoms with Crippen LogP contribution in [0, 0.1) is 13.8 Å². The lowest BCUT2D eigenvalue weighted by Crippen LogP contribution is -2.56. The van der Waals surface area contributed by atoms with E-state index in [1.165, 1.54) is 19.8 Å². The van der Waals surface area contributed by atoms with Crippen molar-refractivity contribution >= 4 is 17.5 Å². The predicted octanol–water partition coefficient (Wildman–Crippen LogP) is 4.75. The van der Waals surface area contributed by atoms with Gasteiger partial charge in [-0.15, -0.1) is 0 Å². The maximum Gasteiger partial charge on any atom is 0.252 e. The van der Waals surface area contributed by atoms with Gasteiger partial charge in [-0.05, 0) is 81.8 Å². The van der Waals surface area contributed by atoms with Crippen molar-refractivity contribution in [1.82, 2.24) is 10.2 Å². The van der Waals surface area contributed by atoms with Crippen molar-refractivity contribution in [2.24, 2.45) is 0 Å². The number of aryl methyl sites for hydroxylation is 2. The van der Waals surface area contributed by atoms with E-state index in [1.54, 1.807) is 0 Å². The molecule has 0 spiro atoms. The summed E-state index contributed by atoms with van der Waals surface area (Å²) in [4.78, 5) is 27.7. The first-order chi connectivity index (χ1) is 14.8. The summed E-state index contributed by atoms with van der Waals surface area (Å²) in [5.74, 6) is -0.121. The van der Waals surface area contributed by atoms with Crippen molar-refractivity contribution in [2.75, 3.05) is 12.4 Å². The zero-order valence-electron chi connectivity index (χ0n) is 19.0. The van der Waals surface area contributed by atoms with Crippen molar-refractivity contribution in [3.8, 4) is 0 Å². The molecule has 2 amide bonds. The van der Waals surface area contributed by atoms with Gasteiger partial charge in [0.2, 0.25) is 5.91 Å². The van der Waals surface area contributed by atoms with Gasteiger partial charge >= 0.3 is 0 Å². The highest BCUT2D eigenvalue weighted by atomic mass is 16.2. The Morgan fingerprint density at radius 1 is 1.06 bits per heavy atom. The summed E-state index contributed by atoms with van der Waals surface area (Å²) in [6.45, 7) is 5.50. The largest absolute Gasteiger partial charge is 0.343 e. The minimum atomic E-state index is -0.150. The van der Waals surface area contributed by atoms with E-state index in [2.05, 4.69) is 28.6 Å². The summed E-state index contributed by atoms with van der Waals surface area (Å²) in [7, 11) is 2.21. The number of rotatable bonds is 5. The van der Waals surface area contributed by atoms with Gasteiger partial charge in [-0.3, -0.25) is 14.5 Å². The van der Waals surface area contributed by atoms with Gasteiger partial charge in [0.25, 0.3) is 5.91 Å². The number of piperidine rings is 1. The Labute approximate surface area is 185 Å². The number of amides is 2. The normalized spacial score (nSPS) is 23.9. The molecule has 0 saturated carbocycles. The van der Waals surface area contributed by atoms with Crippen molar-refractivity contribution < 1.29 is 9.59 Å². The number of benzene rings is 2. The number of anilines is 1. The molecule has 5 nitrogen and oxygen atoms in total. The monoisotopic (exact) mass is 419 g/mol. The zero-order chi connectivity index (χ0) is 22.2. The molecule has 2 aliphatic rings. The lowest BCUT2D eigenvalue weighted by molar-refractivity contribution is -0.114. The van der Waals surface area contributed by atoms with Gasteiger partial charge < -0.3 is 10.6 Å². The molecule has 3 unspecified atom stereocenters. The molecule has 2 aliphatic heterocycles. The van der Waals surface area contributed by atoms with E-state index in [9.17, 15) is 9.59 Å². The highest BCUT2D eigenvalue weighted by Crippen LogP contribution is 2.50. The molecule has 2 bridgehead atoms. The van der Waals surface area contributed by atoms with Crippen LogP contribution in [0.25, 0.3) is 0 Å². The van der Waals surface area contributed by atoms with Crippen LogP contribution in [0.3, 0.4) is 0 Å². The van der Waals surface area contributed by atoms with Crippen molar-refractivity contribution in [3.63, 3.8) is 0 Å². The fourth-order valence-electron chi connectivity index (χ4n) is 5.83. The zero-order valence-corrected chi connectivity index (χ0v) is 19.0. The maximum atomic E-state index is 13.6. The average Bonchev–Trinajstić information content (AvgIpc) is 2.89. The molecule has 2 heterocycles. The molecule has 5 heteroatoms. The number of nitrogens with one attached hydrogen (secondary N) is 2. The molecule has 0 aliphatic carbocycles. The van der Waals surface area contributed by atoms with Gasteiger partial charge in [0.15, 0.2) is 0 Å². The third-order valence-corrected chi connectivity index (χ3v) is 7.37. The van der Waals surface area contributed by atoms with E-state index in [0.29, 0.717) is 6.04 Å². The van der Waals surface area contributed by atoms with E-state index < -0.39 is 0 Å². The Kier molecular flexibility index (Phi) is 5.89. The minimum absolute atomic E-state index is 0.0256. The molecule has 3 atom stereocenters. The summed E-state index contributed by atoms with van der Waals surface area (Å²) < 4.78 is 0. The number of hydrogen-bond donors (Lipinski definition) is 2. The first kappa shape index (κ1) is 21.6. The first-order valence-electron chi connectivity index (χ1n) is 11.3. The van der Waals surface area contributed by atoms with E-state index in [0.717, 1.165) is 47.2 Å². The van der Waals surface area contributed by atoms with Gasteiger partial charge in [0.1, 0.15) is 0 Å². The van der Waals surface area contributed by atoms with Crippen LogP contribution >= 0.6 is 0 Å². The molecule has 2 N–H and O–H groups in total. The molecule has 31 heavy (non-hydrogen) atoms. The van der Waals surface area contributed by atoms with Crippen LogP contribution in [-0.4, -0.2) is 35.3 Å². The van der Waals surface area contributed by atoms with Crippen LogP contribution in [0.4, 0.5) is 5.69 Å². The van der Waals surface area contributed by atoms with Gasteiger partial charge in [-0.1, -0.05) is 30.3 Å². The summed E-state index contributed by atoms with van der Waals surface area (Å²) in [5, 5.41) is 6.33. The van der Waals surface area contributed by atoms with Crippen LogP contribution < -0.4 is 10.6 Å². The molecule has 2 fully saturated rings. The highest BCUT2D eigenvalue weighted by molar-refractivity contribution is 5.97. The van der Waals surface area contributed by atoms with E-state index in [-0.39, 0.29) is 23.4 Å². The topological polar surface area (TPSA) is 61.4 Å². The fourth-order valence-corrected chi connectivity index (χ4v) is 5.83. The number of hydrogen-bond acceptors (Lipinski definition) is 3. The van der Waals surface area contributed by atoms with E-state index in [1.807, 2.05) is 50.2 Å². The number of fused-ring (bicyclic) bond motifs is 2. The lowest BCUT2D eigenvalue weighted by Gasteiger charge is -2.48. The third kappa shape index (κ3) is 3.99. The molecule has 2 aromatic carbocycles. The standard InChI is InChI=1S/C26H33N3O2/c1-17-8-5-9-18(2)23(17)25(31)28-24(20-10-6-11-21(16-20)27-19(3)30)26-14-7-12-22(13-15-26)29(26)4/h5-6,8-11,16,22,24H,7,12-15H2,1-4H3,(H,27,30)(H,28,31). The number of carbonyl (C=O) groups is 2. The van der Waals surface area contributed by atoms with Crippen LogP contribution in [0.15, 0.2) is 42.5 Å². The Morgan fingerprint density at radius 2 is 1.77 bits per heavy atom. The Balaban J connectivity index is 1.75. The second kappa shape index (κ2) is 8.46. The maximum absolute atomic E-state index is 13.6. The third-order valence-electron chi connectivity index (χ3n) is 7.37. The van der Waals surface area contributed by atoms with Gasteiger partial charge in [0.05, 0.1) is 6.04 Å². The van der Waals surface area contributed by atoms with Crippen molar-refractivity contribution in [1.29, 1.82) is 0 Å². The summed E-state index contributed by atoms with van der Waals surface area (Å²) in [5.41, 5.74) is 4.43. The SMILES string of the molecule is CC(=O)Nc1cccc(C(NC(=O)c2c(C)cccc2C)C23CCCC(CC2)N3C)c1. The predicted molar refractivity (Wildman–Crippen MR) is 124 cm³/mol. The van der Waals surface area contributed by atoms with Gasteiger partial charge in [-0.2, -0.15) is 0 Å². The van der Waals surface area contributed by atoms with E-state index in [4.69, 9.17) is 0 Å². The molecule has 2 aromatic rings. The van der Waals surface area contributed by atoms with Gasteiger partial charge in [0, 0.05) is 29.8 Å². The smallest absolute Gasteiger partial charge is 0.252 e. The van der Waals surface area contributed by atoms with Crippen LogP contribution in [-0.2, 0) is 4.79 Å². The van der Waals surface area contributed by atoms with Crippen LogP contribution in [0.2, 0.25) is 0 Å². The van der Waals surface area contributed by atoms with Gasteiger partial charge in [-0.25, -0.2) is 0 Å². The Morgan fingerprint density at radius 3 is 2.48 bits per heavy atom. The van der Waals surface area contributed by atoms with Crippen LogP contribution in [0.5, 0.6) is 0 Å². The molecule has 164 valence electrons. The molecular weight excluding hydrogens is 386 g/mol. The quantitative estimate of drug-likeness (QED) is 0.735. The molecule has 4 rings (SSSR count). The first-order valence-corrected chi connectivity index (χ1v) is 11.3. The minimum Gasteiger partial charge on any atom is -0.343 e. The molecule has 0 aromatic heterocycles. The summed E-state index contributed by atoms with van der Waals surface area (Å²) in [6.07, 6.45) is 5.69. The van der Waals surface area contributed by atoms with Crippen LogP contribution in [0.1, 0.15) is 72.1 Å². The fraction of sp³-hybridized carbons (Fsp3) is 0.462. The Bertz CT molecular complexity index is 978. The number of likely N-dealkylation sites (N-methyl/N-ethyl adjacent to an activating group) is 1. The highest BCUT2D eigenvalue weighted by Gasteiger charge is 2.52. The summed E-state index contributed by atoms with van der Waals surface area (Å²) in [6, 6.07) is 14.4.